The summed E-state index contributed by atoms with van der Waals surface area (Å²) < 4.78 is 0. The fraction of sp³-hybridized carbons (Fsp3) is 0.867. The number of nitrogens with one attached hydrogen (secondary N) is 2. The van der Waals surface area contributed by atoms with Gasteiger partial charge in [-0.1, -0.05) is 13.8 Å². The number of piperidine rings is 1. The summed E-state index contributed by atoms with van der Waals surface area (Å²) in [6.07, 6.45) is 3.86. The van der Waals surface area contributed by atoms with Gasteiger partial charge < -0.3 is 15.5 Å². The smallest absolute Gasteiger partial charge is 0.239 e. The van der Waals surface area contributed by atoms with Crippen LogP contribution in [0.4, 0.5) is 0 Å². The number of hydrogen-bond donors (Lipinski definition) is 2. The number of amides is 2. The Labute approximate surface area is 122 Å². The quantitative estimate of drug-likeness (QED) is 0.736. The van der Waals surface area contributed by atoms with E-state index in [9.17, 15) is 9.59 Å². The van der Waals surface area contributed by atoms with Crippen molar-refractivity contribution in [3.05, 3.63) is 0 Å². The lowest BCUT2D eigenvalue weighted by molar-refractivity contribution is -0.134. The second kappa shape index (κ2) is 8.95. The molecule has 0 aliphatic carbocycles. The van der Waals surface area contributed by atoms with Crippen molar-refractivity contribution in [2.75, 3.05) is 26.2 Å². The standard InChI is InChI=1S/C15H29N3O2/c1-12(2)11-17-14(19)7-8-16-13(3)15(20)18-9-5-4-6-10-18/h12-13,16H,4-11H2,1-3H3,(H,17,19). The number of nitrogens with zero attached hydrogens (tertiary/aromatic N) is 1. The van der Waals surface area contributed by atoms with Gasteiger partial charge in [-0.2, -0.15) is 0 Å². The highest BCUT2D eigenvalue weighted by Crippen LogP contribution is 2.09. The fourth-order valence-electron chi connectivity index (χ4n) is 2.28. The SMILES string of the molecule is CC(C)CNC(=O)CCNC(C)C(=O)N1CCCCC1. The molecular weight excluding hydrogens is 254 g/mol. The first-order valence-electron chi connectivity index (χ1n) is 7.79. The van der Waals surface area contributed by atoms with Gasteiger partial charge in [-0.25, -0.2) is 0 Å². The lowest BCUT2D eigenvalue weighted by Crippen LogP contribution is -2.47. The Morgan fingerprint density at radius 2 is 1.75 bits per heavy atom. The van der Waals surface area contributed by atoms with Crippen LogP contribution in [0.25, 0.3) is 0 Å². The van der Waals surface area contributed by atoms with Crippen molar-refractivity contribution in [2.24, 2.45) is 5.92 Å². The zero-order valence-electron chi connectivity index (χ0n) is 13.1. The monoisotopic (exact) mass is 283 g/mol. The Kier molecular flexibility index (Phi) is 7.59. The summed E-state index contributed by atoms with van der Waals surface area (Å²) in [4.78, 5) is 25.6. The summed E-state index contributed by atoms with van der Waals surface area (Å²) in [6.45, 7) is 9.02. The molecule has 1 unspecified atom stereocenters. The normalized spacial score (nSPS) is 17.1. The van der Waals surface area contributed by atoms with Crippen LogP contribution < -0.4 is 10.6 Å². The Balaban J connectivity index is 2.17. The highest BCUT2D eigenvalue weighted by Gasteiger charge is 2.21. The first-order valence-corrected chi connectivity index (χ1v) is 7.79. The van der Waals surface area contributed by atoms with Gasteiger partial charge in [-0.15, -0.1) is 0 Å². The molecule has 1 fully saturated rings. The van der Waals surface area contributed by atoms with Crippen molar-refractivity contribution in [2.45, 2.75) is 52.5 Å². The lowest BCUT2D eigenvalue weighted by atomic mass is 10.1. The van der Waals surface area contributed by atoms with E-state index < -0.39 is 0 Å². The van der Waals surface area contributed by atoms with Gasteiger partial charge in [0, 0.05) is 32.6 Å². The zero-order chi connectivity index (χ0) is 15.0. The molecule has 1 aliphatic heterocycles. The number of rotatable bonds is 7. The fourth-order valence-corrected chi connectivity index (χ4v) is 2.28. The summed E-state index contributed by atoms with van der Waals surface area (Å²) in [7, 11) is 0. The van der Waals surface area contributed by atoms with Crippen molar-refractivity contribution >= 4 is 11.8 Å². The Bertz CT molecular complexity index is 312. The van der Waals surface area contributed by atoms with E-state index in [1.807, 2.05) is 11.8 Å². The van der Waals surface area contributed by atoms with Crippen molar-refractivity contribution in [3.8, 4) is 0 Å². The molecule has 2 N–H and O–H groups in total. The largest absolute Gasteiger partial charge is 0.356 e. The van der Waals surface area contributed by atoms with Crippen molar-refractivity contribution in [1.82, 2.24) is 15.5 Å². The Morgan fingerprint density at radius 1 is 1.10 bits per heavy atom. The van der Waals surface area contributed by atoms with E-state index in [-0.39, 0.29) is 17.9 Å². The number of likely N-dealkylation sites (tertiary alicyclic amines) is 1. The molecule has 1 atom stereocenters. The van der Waals surface area contributed by atoms with E-state index in [0.29, 0.717) is 25.4 Å². The van der Waals surface area contributed by atoms with Gasteiger partial charge in [0.05, 0.1) is 6.04 Å². The zero-order valence-corrected chi connectivity index (χ0v) is 13.1. The maximum atomic E-state index is 12.2. The van der Waals surface area contributed by atoms with Crippen LogP contribution in [0, 0.1) is 5.92 Å². The van der Waals surface area contributed by atoms with E-state index in [4.69, 9.17) is 0 Å². The first kappa shape index (κ1) is 17.0. The van der Waals surface area contributed by atoms with Crippen LogP contribution in [0.2, 0.25) is 0 Å². The minimum absolute atomic E-state index is 0.0452. The van der Waals surface area contributed by atoms with Crippen LogP contribution >= 0.6 is 0 Å². The van der Waals surface area contributed by atoms with E-state index in [1.165, 1.54) is 6.42 Å². The molecule has 0 saturated carbocycles. The second-order valence-electron chi connectivity index (χ2n) is 6.01. The van der Waals surface area contributed by atoms with E-state index in [1.54, 1.807) is 0 Å². The molecule has 1 aliphatic rings. The summed E-state index contributed by atoms with van der Waals surface area (Å²) in [5.41, 5.74) is 0. The van der Waals surface area contributed by atoms with Gasteiger partial charge in [-0.3, -0.25) is 9.59 Å². The number of carbonyl (C=O) groups excluding carboxylic acids is 2. The van der Waals surface area contributed by atoms with Crippen LogP contribution in [0.5, 0.6) is 0 Å². The molecule has 20 heavy (non-hydrogen) atoms. The molecule has 0 aromatic carbocycles. The molecule has 0 spiro atoms. The number of hydrogen-bond acceptors (Lipinski definition) is 3. The van der Waals surface area contributed by atoms with Crippen LogP contribution in [-0.2, 0) is 9.59 Å². The van der Waals surface area contributed by atoms with Crippen LogP contribution in [0.3, 0.4) is 0 Å². The summed E-state index contributed by atoms with van der Waals surface area (Å²) in [5, 5.41) is 6.02. The summed E-state index contributed by atoms with van der Waals surface area (Å²) in [5.74, 6) is 0.669. The molecule has 1 rings (SSSR count). The van der Waals surface area contributed by atoms with E-state index in [2.05, 4.69) is 24.5 Å². The summed E-state index contributed by atoms with van der Waals surface area (Å²) >= 11 is 0. The third-order valence-corrected chi connectivity index (χ3v) is 3.55. The van der Waals surface area contributed by atoms with Crippen molar-refractivity contribution in [3.63, 3.8) is 0 Å². The molecular formula is C15H29N3O2. The molecule has 0 radical (unpaired) electrons. The van der Waals surface area contributed by atoms with Crippen LogP contribution in [0.1, 0.15) is 46.5 Å². The van der Waals surface area contributed by atoms with Gasteiger partial charge in [-0.05, 0) is 32.1 Å². The molecule has 0 aromatic rings. The third kappa shape index (κ3) is 6.37. The molecule has 5 heteroatoms. The van der Waals surface area contributed by atoms with Gasteiger partial charge in [0.15, 0.2) is 0 Å². The van der Waals surface area contributed by atoms with Crippen LogP contribution in [0.15, 0.2) is 0 Å². The molecule has 0 aromatic heterocycles. The van der Waals surface area contributed by atoms with Crippen LogP contribution in [-0.4, -0.2) is 48.9 Å². The minimum Gasteiger partial charge on any atom is -0.356 e. The van der Waals surface area contributed by atoms with Crippen molar-refractivity contribution in [1.29, 1.82) is 0 Å². The van der Waals surface area contributed by atoms with Gasteiger partial charge in [0.2, 0.25) is 11.8 Å². The summed E-state index contributed by atoms with van der Waals surface area (Å²) in [6, 6.07) is -0.203. The van der Waals surface area contributed by atoms with E-state index >= 15 is 0 Å². The molecule has 2 amide bonds. The van der Waals surface area contributed by atoms with E-state index in [0.717, 1.165) is 25.9 Å². The predicted molar refractivity (Wildman–Crippen MR) is 80.4 cm³/mol. The molecule has 1 saturated heterocycles. The average Bonchev–Trinajstić information content (AvgIpc) is 2.45. The highest BCUT2D eigenvalue weighted by atomic mass is 16.2. The third-order valence-electron chi connectivity index (χ3n) is 3.55. The Hall–Kier alpha value is -1.10. The second-order valence-corrected chi connectivity index (χ2v) is 6.01. The van der Waals surface area contributed by atoms with Gasteiger partial charge >= 0.3 is 0 Å². The lowest BCUT2D eigenvalue weighted by Gasteiger charge is -2.29. The minimum atomic E-state index is -0.203. The maximum absolute atomic E-state index is 12.2. The first-order chi connectivity index (χ1) is 9.50. The molecule has 116 valence electrons. The maximum Gasteiger partial charge on any atom is 0.239 e. The van der Waals surface area contributed by atoms with Crippen molar-refractivity contribution < 1.29 is 9.59 Å². The Morgan fingerprint density at radius 3 is 2.35 bits per heavy atom. The number of carbonyl (C=O) groups is 2. The topological polar surface area (TPSA) is 61.4 Å². The molecule has 0 bridgehead atoms. The predicted octanol–water partition coefficient (Wildman–Crippen LogP) is 1.14. The highest BCUT2D eigenvalue weighted by molar-refractivity contribution is 5.81. The molecule has 1 heterocycles. The van der Waals surface area contributed by atoms with Gasteiger partial charge in [0.1, 0.15) is 0 Å². The average molecular weight is 283 g/mol. The van der Waals surface area contributed by atoms with Gasteiger partial charge in [0.25, 0.3) is 0 Å². The molecule has 5 nitrogen and oxygen atoms in total.